The van der Waals surface area contributed by atoms with Gasteiger partial charge in [-0.25, -0.2) is 4.98 Å². The van der Waals surface area contributed by atoms with Crippen LogP contribution in [0.4, 0.5) is 0 Å². The topological polar surface area (TPSA) is 73.0 Å². The number of fused-ring (bicyclic) bond motifs is 1. The summed E-state index contributed by atoms with van der Waals surface area (Å²) in [7, 11) is 0. The molecule has 4 rings (SSSR count). The average molecular weight is 407 g/mol. The van der Waals surface area contributed by atoms with Crippen LogP contribution in [-0.4, -0.2) is 27.2 Å². The standard InChI is InChI=1S/C22H22N4O2S/c1-16-14-18(25-28-16)15-29-22-19(7-4-10-24-22)21(27)23-11-5-12-26-13-9-17-6-2-3-8-20(17)26/h2-4,6-10,13-14H,5,11-12,15H2,1H3,(H,23,27). The van der Waals surface area contributed by atoms with Gasteiger partial charge in [-0.15, -0.1) is 0 Å². The van der Waals surface area contributed by atoms with Crippen molar-refractivity contribution in [2.45, 2.75) is 30.7 Å². The Morgan fingerprint density at radius 2 is 2.10 bits per heavy atom. The minimum Gasteiger partial charge on any atom is -0.361 e. The Balaban J connectivity index is 1.31. The Kier molecular flexibility index (Phi) is 5.95. The molecule has 6 nitrogen and oxygen atoms in total. The third-order valence-electron chi connectivity index (χ3n) is 4.59. The largest absolute Gasteiger partial charge is 0.361 e. The molecule has 0 fully saturated rings. The Bertz CT molecular complexity index is 1120. The minimum atomic E-state index is -0.103. The van der Waals surface area contributed by atoms with Crippen molar-refractivity contribution in [1.29, 1.82) is 0 Å². The van der Waals surface area contributed by atoms with Crippen LogP contribution in [0.2, 0.25) is 0 Å². The number of nitrogens with one attached hydrogen (secondary N) is 1. The number of benzene rings is 1. The zero-order chi connectivity index (χ0) is 20.1. The van der Waals surface area contributed by atoms with Gasteiger partial charge in [0.2, 0.25) is 0 Å². The summed E-state index contributed by atoms with van der Waals surface area (Å²) in [5.41, 5.74) is 2.64. The Labute approximate surface area is 173 Å². The quantitative estimate of drug-likeness (QED) is 0.346. The monoisotopic (exact) mass is 406 g/mol. The Hall–Kier alpha value is -3.06. The van der Waals surface area contributed by atoms with Crippen molar-refractivity contribution in [3.8, 4) is 0 Å². The van der Waals surface area contributed by atoms with Crippen molar-refractivity contribution in [1.82, 2.24) is 20.0 Å². The highest BCUT2D eigenvalue weighted by Crippen LogP contribution is 2.24. The number of hydrogen-bond donors (Lipinski definition) is 1. The van der Waals surface area contributed by atoms with Crippen LogP contribution < -0.4 is 5.32 Å². The zero-order valence-electron chi connectivity index (χ0n) is 16.2. The number of thioether (sulfide) groups is 1. The highest BCUT2D eigenvalue weighted by atomic mass is 32.2. The lowest BCUT2D eigenvalue weighted by Crippen LogP contribution is -2.26. The zero-order valence-corrected chi connectivity index (χ0v) is 17.0. The van der Waals surface area contributed by atoms with Crippen LogP contribution in [-0.2, 0) is 12.3 Å². The molecule has 0 radical (unpaired) electrons. The van der Waals surface area contributed by atoms with E-state index in [-0.39, 0.29) is 5.91 Å². The number of carbonyl (C=O) groups excluding carboxylic acids is 1. The summed E-state index contributed by atoms with van der Waals surface area (Å²) < 4.78 is 7.30. The van der Waals surface area contributed by atoms with Gasteiger partial charge in [0.15, 0.2) is 0 Å². The molecule has 0 bridgehead atoms. The highest BCUT2D eigenvalue weighted by molar-refractivity contribution is 7.98. The summed E-state index contributed by atoms with van der Waals surface area (Å²) >= 11 is 1.48. The molecule has 1 amide bonds. The summed E-state index contributed by atoms with van der Waals surface area (Å²) in [6.07, 6.45) is 4.64. The van der Waals surface area contributed by atoms with Crippen molar-refractivity contribution in [3.63, 3.8) is 0 Å². The molecule has 0 unspecified atom stereocenters. The lowest BCUT2D eigenvalue weighted by Gasteiger charge is -2.09. The van der Waals surface area contributed by atoms with E-state index in [4.69, 9.17) is 4.52 Å². The second-order valence-corrected chi connectivity index (χ2v) is 7.72. The lowest BCUT2D eigenvalue weighted by atomic mass is 10.2. The Morgan fingerprint density at radius 1 is 1.21 bits per heavy atom. The molecule has 0 atom stereocenters. The van der Waals surface area contributed by atoms with Gasteiger partial charge >= 0.3 is 0 Å². The van der Waals surface area contributed by atoms with E-state index in [1.54, 1.807) is 18.3 Å². The molecule has 29 heavy (non-hydrogen) atoms. The summed E-state index contributed by atoms with van der Waals surface area (Å²) in [4.78, 5) is 17.0. The van der Waals surface area contributed by atoms with E-state index in [0.29, 0.717) is 22.9 Å². The second-order valence-electron chi connectivity index (χ2n) is 6.75. The molecule has 1 N–H and O–H groups in total. The van der Waals surface area contributed by atoms with Crippen LogP contribution >= 0.6 is 11.8 Å². The first-order valence-electron chi connectivity index (χ1n) is 9.53. The molecule has 0 saturated heterocycles. The van der Waals surface area contributed by atoms with Crippen LogP contribution in [0.25, 0.3) is 10.9 Å². The van der Waals surface area contributed by atoms with Crippen LogP contribution in [0.3, 0.4) is 0 Å². The molecule has 3 aromatic heterocycles. The normalized spacial score (nSPS) is 11.1. The van der Waals surface area contributed by atoms with Crippen molar-refractivity contribution < 1.29 is 9.32 Å². The minimum absolute atomic E-state index is 0.103. The van der Waals surface area contributed by atoms with Crippen LogP contribution in [0.1, 0.15) is 28.2 Å². The maximum absolute atomic E-state index is 12.6. The molecule has 3 heterocycles. The number of hydrogen-bond acceptors (Lipinski definition) is 5. The van der Waals surface area contributed by atoms with Gasteiger partial charge in [-0.2, -0.15) is 0 Å². The molecule has 4 aromatic rings. The number of nitrogens with zero attached hydrogens (tertiary/aromatic N) is 3. The highest BCUT2D eigenvalue weighted by Gasteiger charge is 2.13. The van der Waals surface area contributed by atoms with E-state index in [2.05, 4.69) is 44.4 Å². The SMILES string of the molecule is Cc1cc(CSc2ncccc2C(=O)NCCCn2ccc3ccccc32)no1. The first-order chi connectivity index (χ1) is 14.2. The number of aryl methyl sites for hydroxylation is 2. The first kappa shape index (κ1) is 19.3. The van der Waals surface area contributed by atoms with Crippen LogP contribution in [0.15, 0.2) is 70.5 Å². The van der Waals surface area contributed by atoms with Crippen molar-refractivity contribution >= 4 is 28.6 Å². The van der Waals surface area contributed by atoms with Gasteiger partial charge in [-0.1, -0.05) is 35.1 Å². The lowest BCUT2D eigenvalue weighted by molar-refractivity contribution is 0.0949. The predicted molar refractivity (Wildman–Crippen MR) is 114 cm³/mol. The maximum atomic E-state index is 12.6. The number of para-hydroxylation sites is 1. The summed E-state index contributed by atoms with van der Waals surface area (Å²) in [6, 6.07) is 15.9. The molecule has 1 aromatic carbocycles. The van der Waals surface area contributed by atoms with E-state index in [9.17, 15) is 4.79 Å². The summed E-state index contributed by atoms with van der Waals surface area (Å²) in [5, 5.41) is 8.93. The smallest absolute Gasteiger partial charge is 0.254 e. The molecule has 7 heteroatoms. The second kappa shape index (κ2) is 8.96. The first-order valence-corrected chi connectivity index (χ1v) is 10.5. The van der Waals surface area contributed by atoms with Crippen LogP contribution in [0.5, 0.6) is 0 Å². The molecule has 148 valence electrons. The van der Waals surface area contributed by atoms with Gasteiger partial charge in [-0.3, -0.25) is 4.79 Å². The molecule has 0 spiro atoms. The fourth-order valence-electron chi connectivity index (χ4n) is 3.19. The van der Waals surface area contributed by atoms with E-state index in [0.717, 1.165) is 24.4 Å². The average Bonchev–Trinajstić information content (AvgIpc) is 3.36. The van der Waals surface area contributed by atoms with Gasteiger partial charge in [0.1, 0.15) is 10.8 Å². The van der Waals surface area contributed by atoms with Gasteiger partial charge in [0, 0.05) is 42.8 Å². The molecule has 0 saturated carbocycles. The molecular weight excluding hydrogens is 384 g/mol. The summed E-state index contributed by atoms with van der Waals surface area (Å²) in [6.45, 7) is 3.32. The van der Waals surface area contributed by atoms with Gasteiger partial charge in [0.25, 0.3) is 5.91 Å². The van der Waals surface area contributed by atoms with E-state index >= 15 is 0 Å². The van der Waals surface area contributed by atoms with E-state index < -0.39 is 0 Å². The van der Waals surface area contributed by atoms with Crippen molar-refractivity contribution in [2.24, 2.45) is 0 Å². The molecular formula is C22H22N4O2S. The van der Waals surface area contributed by atoms with Crippen molar-refractivity contribution in [3.05, 3.63) is 77.9 Å². The third kappa shape index (κ3) is 4.68. The molecule has 0 aliphatic heterocycles. The van der Waals surface area contributed by atoms with Gasteiger partial charge in [-0.05, 0) is 43.0 Å². The number of amides is 1. The van der Waals surface area contributed by atoms with E-state index in [1.807, 2.05) is 25.1 Å². The third-order valence-corrected chi connectivity index (χ3v) is 5.63. The fraction of sp³-hybridized carbons (Fsp3) is 0.227. The molecule has 0 aliphatic carbocycles. The van der Waals surface area contributed by atoms with Gasteiger partial charge in [0.05, 0.1) is 11.3 Å². The van der Waals surface area contributed by atoms with Gasteiger partial charge < -0.3 is 14.4 Å². The van der Waals surface area contributed by atoms with Crippen LogP contribution in [0, 0.1) is 6.92 Å². The molecule has 0 aliphatic rings. The number of rotatable bonds is 8. The summed E-state index contributed by atoms with van der Waals surface area (Å²) in [5.74, 6) is 1.28. The fourth-order valence-corrected chi connectivity index (χ4v) is 4.06. The predicted octanol–water partition coefficient (Wildman–Crippen LogP) is 4.45. The van der Waals surface area contributed by atoms with E-state index in [1.165, 1.54) is 22.7 Å². The maximum Gasteiger partial charge on any atom is 0.254 e. The number of aromatic nitrogens is 3. The van der Waals surface area contributed by atoms with Crippen molar-refractivity contribution in [2.75, 3.05) is 6.54 Å². The number of carbonyl (C=O) groups is 1. The Morgan fingerprint density at radius 3 is 2.97 bits per heavy atom. The number of pyridine rings is 1.